The second kappa shape index (κ2) is 8.35. The lowest BCUT2D eigenvalue weighted by Gasteiger charge is -2.10. The molecule has 0 aliphatic carbocycles. The zero-order valence-corrected chi connectivity index (χ0v) is 13.4. The van der Waals surface area contributed by atoms with Crippen LogP contribution in [-0.4, -0.2) is 19.0 Å². The lowest BCUT2D eigenvalue weighted by atomic mass is 10.1. The van der Waals surface area contributed by atoms with Gasteiger partial charge in [0, 0.05) is 12.1 Å². The molecule has 1 amide bonds. The number of rotatable bonds is 7. The van der Waals surface area contributed by atoms with Crippen LogP contribution in [0.2, 0.25) is 0 Å². The van der Waals surface area contributed by atoms with E-state index < -0.39 is 0 Å². The first kappa shape index (κ1) is 16.2. The molecule has 0 fully saturated rings. The average Bonchev–Trinajstić information content (AvgIpc) is 2.52. The summed E-state index contributed by atoms with van der Waals surface area (Å²) >= 11 is 0. The Hall–Kier alpha value is -2.13. The molecule has 3 heteroatoms. The highest BCUT2D eigenvalue weighted by Gasteiger charge is 2.08. The van der Waals surface area contributed by atoms with E-state index in [9.17, 15) is 4.79 Å². The van der Waals surface area contributed by atoms with E-state index in [1.54, 1.807) is 0 Å². The van der Waals surface area contributed by atoms with E-state index in [0.29, 0.717) is 6.54 Å². The molecule has 3 nitrogen and oxygen atoms in total. The zero-order chi connectivity index (χ0) is 15.8. The Bertz CT molecular complexity index is 588. The summed E-state index contributed by atoms with van der Waals surface area (Å²) < 4.78 is 0. The van der Waals surface area contributed by atoms with Gasteiger partial charge in [-0.3, -0.25) is 4.79 Å². The fourth-order valence-corrected chi connectivity index (χ4v) is 2.53. The maximum absolute atomic E-state index is 12.0. The molecule has 0 unspecified atom stereocenters. The second-order valence-corrected chi connectivity index (χ2v) is 5.69. The fraction of sp³-hybridized carbons (Fsp3) is 0.316. The molecule has 0 aromatic heterocycles. The Morgan fingerprint density at radius 3 is 2.36 bits per heavy atom. The quantitative estimate of drug-likeness (QED) is 0.758. The highest BCUT2D eigenvalue weighted by atomic mass is 16.1. The number of amides is 1. The van der Waals surface area contributed by atoms with Crippen molar-refractivity contribution >= 4 is 11.6 Å². The van der Waals surface area contributed by atoms with Gasteiger partial charge in [0.05, 0.1) is 6.54 Å². The minimum atomic E-state index is 0.0668. The van der Waals surface area contributed by atoms with E-state index in [0.717, 1.165) is 36.2 Å². The number of carbonyl (C=O) groups is 1. The Balaban J connectivity index is 1.68. The van der Waals surface area contributed by atoms with Crippen molar-refractivity contribution in [1.82, 2.24) is 0 Å². The van der Waals surface area contributed by atoms with Crippen LogP contribution in [0.15, 0.2) is 48.5 Å². The number of carbonyl (C=O) groups excluding carboxylic acids is 1. The fourth-order valence-electron chi connectivity index (χ4n) is 2.53. The van der Waals surface area contributed by atoms with Gasteiger partial charge in [0.15, 0.2) is 6.54 Å². The van der Waals surface area contributed by atoms with E-state index in [-0.39, 0.29) is 5.91 Å². The van der Waals surface area contributed by atoms with Crippen LogP contribution in [0.25, 0.3) is 0 Å². The molecule has 2 rings (SSSR count). The Kier molecular flexibility index (Phi) is 6.16. The van der Waals surface area contributed by atoms with Crippen LogP contribution >= 0.6 is 0 Å². The first-order valence-corrected chi connectivity index (χ1v) is 7.88. The zero-order valence-electron chi connectivity index (χ0n) is 13.4. The molecule has 0 spiro atoms. The van der Waals surface area contributed by atoms with Gasteiger partial charge in [-0.2, -0.15) is 0 Å². The van der Waals surface area contributed by atoms with Crippen molar-refractivity contribution in [1.29, 1.82) is 0 Å². The highest BCUT2D eigenvalue weighted by molar-refractivity contribution is 5.92. The summed E-state index contributed by atoms with van der Waals surface area (Å²) in [6, 6.07) is 16.5. The summed E-state index contributed by atoms with van der Waals surface area (Å²) in [6.45, 7) is 5.48. The number of nitrogens with one attached hydrogen (secondary N) is 1. The molecule has 0 saturated carbocycles. The first-order valence-electron chi connectivity index (χ1n) is 7.88. The van der Waals surface area contributed by atoms with Gasteiger partial charge >= 0.3 is 0 Å². The van der Waals surface area contributed by atoms with Crippen LogP contribution in [0.3, 0.4) is 0 Å². The predicted molar refractivity (Wildman–Crippen MR) is 91.0 cm³/mol. The van der Waals surface area contributed by atoms with Crippen LogP contribution in [0.4, 0.5) is 5.69 Å². The van der Waals surface area contributed by atoms with Crippen molar-refractivity contribution in [3.63, 3.8) is 0 Å². The Morgan fingerprint density at radius 2 is 1.68 bits per heavy atom. The number of hydrogen-bond acceptors (Lipinski definition) is 1. The molecule has 22 heavy (non-hydrogen) atoms. The molecule has 2 aromatic rings. The van der Waals surface area contributed by atoms with E-state index >= 15 is 0 Å². The van der Waals surface area contributed by atoms with Crippen molar-refractivity contribution in [3.05, 3.63) is 65.2 Å². The van der Waals surface area contributed by atoms with Gasteiger partial charge in [-0.25, -0.2) is 0 Å². The number of para-hydroxylation sites is 1. The number of aryl methyl sites for hydroxylation is 3. The third kappa shape index (κ3) is 5.01. The van der Waals surface area contributed by atoms with Crippen molar-refractivity contribution in [2.75, 3.05) is 18.4 Å². The second-order valence-electron chi connectivity index (χ2n) is 5.69. The molecule has 0 heterocycles. The largest absolute Gasteiger partial charge is 0.338 e. The summed E-state index contributed by atoms with van der Waals surface area (Å²) in [5.41, 5.74) is 4.52. The van der Waals surface area contributed by atoms with Crippen LogP contribution in [0.1, 0.15) is 23.1 Å². The summed E-state index contributed by atoms with van der Waals surface area (Å²) in [4.78, 5) is 12.0. The molecular weight excluding hydrogens is 272 g/mol. The molecule has 2 aromatic carbocycles. The molecule has 0 saturated heterocycles. The molecule has 116 valence electrons. The summed E-state index contributed by atoms with van der Waals surface area (Å²) in [5, 5.41) is 5.09. The lowest BCUT2D eigenvalue weighted by molar-refractivity contribution is -0.643. The van der Waals surface area contributed by atoms with E-state index in [2.05, 4.69) is 34.9 Å². The highest BCUT2D eigenvalue weighted by Crippen LogP contribution is 2.18. The van der Waals surface area contributed by atoms with E-state index in [4.69, 9.17) is 0 Å². The van der Waals surface area contributed by atoms with Crippen LogP contribution in [0, 0.1) is 13.8 Å². The maximum atomic E-state index is 12.0. The van der Waals surface area contributed by atoms with Gasteiger partial charge < -0.3 is 10.6 Å². The first-order chi connectivity index (χ1) is 10.7. The Morgan fingerprint density at radius 1 is 1.00 bits per heavy atom. The molecule has 0 radical (unpaired) electrons. The normalized spacial score (nSPS) is 10.5. The standard InChI is InChI=1S/C19H24N2O/c1-15-8-6-9-16(2)19(15)21-18(22)14-20-13-7-12-17-10-4-3-5-11-17/h3-6,8-11,20H,7,12-14H2,1-2H3,(H,21,22)/p+1. The van der Waals surface area contributed by atoms with Crippen molar-refractivity contribution in [2.45, 2.75) is 26.7 Å². The monoisotopic (exact) mass is 297 g/mol. The number of quaternary nitrogens is 1. The SMILES string of the molecule is Cc1cccc(C)c1NC(=O)C[NH2+]CCCc1ccccc1. The number of anilines is 1. The van der Waals surface area contributed by atoms with Crippen molar-refractivity contribution < 1.29 is 10.1 Å². The van der Waals surface area contributed by atoms with Gasteiger partial charge in [-0.05, 0) is 37.0 Å². The van der Waals surface area contributed by atoms with Crippen LogP contribution in [-0.2, 0) is 11.2 Å². The third-order valence-electron chi connectivity index (χ3n) is 3.79. The molecule has 0 aliphatic heterocycles. The predicted octanol–water partition coefficient (Wildman–Crippen LogP) is 2.44. The van der Waals surface area contributed by atoms with Crippen molar-refractivity contribution in [3.8, 4) is 0 Å². The number of nitrogens with two attached hydrogens (primary N) is 1. The molecular formula is C19H25N2O+. The number of benzene rings is 2. The van der Waals surface area contributed by atoms with Crippen molar-refractivity contribution in [2.24, 2.45) is 0 Å². The van der Waals surface area contributed by atoms with Gasteiger partial charge in [0.25, 0.3) is 5.91 Å². The molecule has 0 atom stereocenters. The van der Waals surface area contributed by atoms with Gasteiger partial charge in [0.2, 0.25) is 0 Å². The minimum Gasteiger partial charge on any atom is -0.338 e. The van der Waals surface area contributed by atoms with E-state index in [1.807, 2.05) is 38.1 Å². The Labute approximate surface area is 132 Å². The van der Waals surface area contributed by atoms with Gasteiger partial charge in [-0.1, -0.05) is 48.5 Å². The maximum Gasteiger partial charge on any atom is 0.279 e. The third-order valence-corrected chi connectivity index (χ3v) is 3.79. The number of hydrogen-bond donors (Lipinski definition) is 2. The van der Waals surface area contributed by atoms with Gasteiger partial charge in [-0.15, -0.1) is 0 Å². The molecule has 3 N–H and O–H groups in total. The smallest absolute Gasteiger partial charge is 0.279 e. The lowest BCUT2D eigenvalue weighted by Crippen LogP contribution is -2.86. The summed E-state index contributed by atoms with van der Waals surface area (Å²) in [7, 11) is 0. The van der Waals surface area contributed by atoms with E-state index in [1.165, 1.54) is 5.56 Å². The van der Waals surface area contributed by atoms with Crippen LogP contribution in [0.5, 0.6) is 0 Å². The molecule has 0 bridgehead atoms. The summed E-state index contributed by atoms with van der Waals surface area (Å²) in [6.07, 6.45) is 2.15. The topological polar surface area (TPSA) is 45.7 Å². The average molecular weight is 297 g/mol. The molecule has 0 aliphatic rings. The van der Waals surface area contributed by atoms with Gasteiger partial charge in [0.1, 0.15) is 0 Å². The summed E-state index contributed by atoms with van der Waals surface area (Å²) in [5.74, 6) is 0.0668. The minimum absolute atomic E-state index is 0.0668. The van der Waals surface area contributed by atoms with Crippen LogP contribution < -0.4 is 10.6 Å².